The molecule has 0 bridgehead atoms. The van der Waals surface area contributed by atoms with Gasteiger partial charge in [0.2, 0.25) is 0 Å². The Labute approximate surface area is 185 Å². The van der Waals surface area contributed by atoms with Crippen LogP contribution in [-0.4, -0.2) is 5.97 Å². The maximum absolute atomic E-state index is 12.3. The fourth-order valence-corrected chi connectivity index (χ4v) is 4.83. The zero-order valence-electron chi connectivity index (χ0n) is 19.7. The molecule has 1 aromatic rings. The van der Waals surface area contributed by atoms with E-state index < -0.39 is 0 Å². The zero-order valence-corrected chi connectivity index (χ0v) is 19.7. The maximum atomic E-state index is 12.3. The first-order valence-electron chi connectivity index (χ1n) is 12.6. The molecule has 1 aromatic carbocycles. The summed E-state index contributed by atoms with van der Waals surface area (Å²) in [5.41, 5.74) is 1.62. The predicted octanol–water partition coefficient (Wildman–Crippen LogP) is 8.51. The molecule has 2 heteroatoms. The summed E-state index contributed by atoms with van der Waals surface area (Å²) in [6.45, 7) is 6.92. The highest BCUT2D eigenvalue weighted by molar-refractivity contribution is 5.72. The van der Waals surface area contributed by atoms with Crippen LogP contribution >= 0.6 is 0 Å². The lowest BCUT2D eigenvalue weighted by Crippen LogP contribution is -2.16. The molecule has 2 rings (SSSR count). The molecule has 1 aliphatic carbocycles. The van der Waals surface area contributed by atoms with Crippen molar-refractivity contribution in [3.05, 3.63) is 42.0 Å². The van der Waals surface area contributed by atoms with Gasteiger partial charge in [-0.1, -0.05) is 89.1 Å². The number of hydrogen-bond donors (Lipinski definition) is 0. The van der Waals surface area contributed by atoms with E-state index in [1.165, 1.54) is 70.6 Å². The van der Waals surface area contributed by atoms with Crippen LogP contribution in [0.25, 0.3) is 0 Å². The minimum absolute atomic E-state index is 0.0962. The predicted molar refractivity (Wildman–Crippen MR) is 128 cm³/mol. The second-order valence-electron chi connectivity index (χ2n) is 9.20. The van der Waals surface area contributed by atoms with Gasteiger partial charge in [0.1, 0.15) is 5.75 Å². The van der Waals surface area contributed by atoms with Crippen molar-refractivity contribution in [1.29, 1.82) is 0 Å². The molecule has 0 amide bonds. The standard InChI is InChI=1S/C28H44O2/c1-4-7-9-12-25(21-22-28(29)30-27-13-10-8-11-14-27)26-19-17-24(18-20-26)16-15-23(5-2)6-3/h8,10-11,13-14,19,23-25H,4-7,9,12,15-18,20-22H2,1-3H3. The summed E-state index contributed by atoms with van der Waals surface area (Å²) in [6, 6.07) is 9.45. The van der Waals surface area contributed by atoms with Crippen LogP contribution in [0.1, 0.15) is 104 Å². The van der Waals surface area contributed by atoms with E-state index in [1.807, 2.05) is 30.3 Å². The number of para-hydroxylation sites is 1. The first-order chi connectivity index (χ1) is 14.7. The average molecular weight is 413 g/mol. The number of benzene rings is 1. The molecule has 0 fully saturated rings. The minimum atomic E-state index is -0.0962. The van der Waals surface area contributed by atoms with E-state index in [9.17, 15) is 4.79 Å². The lowest BCUT2D eigenvalue weighted by Gasteiger charge is -2.28. The number of hydrogen-bond acceptors (Lipinski definition) is 2. The first-order valence-corrected chi connectivity index (χ1v) is 12.6. The SMILES string of the molecule is CCCCCC(CCC(=O)Oc1ccccc1)C1=CCC(CCC(CC)CC)CC1. The van der Waals surface area contributed by atoms with Crippen LogP contribution in [0.3, 0.4) is 0 Å². The largest absolute Gasteiger partial charge is 0.427 e. The van der Waals surface area contributed by atoms with Crippen molar-refractivity contribution < 1.29 is 9.53 Å². The Balaban J connectivity index is 1.85. The van der Waals surface area contributed by atoms with E-state index in [1.54, 1.807) is 5.57 Å². The first kappa shape index (κ1) is 24.7. The molecular formula is C28H44O2. The molecule has 0 spiro atoms. The Morgan fingerprint density at radius 1 is 1.03 bits per heavy atom. The van der Waals surface area contributed by atoms with Crippen molar-refractivity contribution in [3.8, 4) is 5.75 Å². The molecule has 2 nitrogen and oxygen atoms in total. The van der Waals surface area contributed by atoms with E-state index in [-0.39, 0.29) is 5.97 Å². The van der Waals surface area contributed by atoms with Crippen LogP contribution in [0, 0.1) is 17.8 Å². The van der Waals surface area contributed by atoms with Gasteiger partial charge in [0.15, 0.2) is 0 Å². The summed E-state index contributed by atoms with van der Waals surface area (Å²) in [7, 11) is 0. The molecule has 0 heterocycles. The second-order valence-corrected chi connectivity index (χ2v) is 9.20. The highest BCUT2D eigenvalue weighted by atomic mass is 16.5. The van der Waals surface area contributed by atoms with Gasteiger partial charge in [-0.2, -0.15) is 0 Å². The molecule has 1 aliphatic rings. The molecule has 168 valence electrons. The molecular weight excluding hydrogens is 368 g/mol. The van der Waals surface area contributed by atoms with E-state index in [4.69, 9.17) is 4.74 Å². The number of carbonyl (C=O) groups excluding carboxylic acids is 1. The highest BCUT2D eigenvalue weighted by Crippen LogP contribution is 2.36. The smallest absolute Gasteiger partial charge is 0.311 e. The molecule has 0 saturated heterocycles. The van der Waals surface area contributed by atoms with Crippen molar-refractivity contribution in [2.45, 2.75) is 104 Å². The van der Waals surface area contributed by atoms with E-state index in [0.717, 1.165) is 18.3 Å². The average Bonchev–Trinajstić information content (AvgIpc) is 2.78. The van der Waals surface area contributed by atoms with Gasteiger partial charge in [0.25, 0.3) is 0 Å². The molecule has 0 aromatic heterocycles. The Morgan fingerprint density at radius 3 is 2.43 bits per heavy atom. The molecule has 0 saturated carbocycles. The fraction of sp³-hybridized carbons (Fsp3) is 0.679. The number of allylic oxidation sites excluding steroid dienone is 2. The van der Waals surface area contributed by atoms with E-state index >= 15 is 0 Å². The number of esters is 1. The van der Waals surface area contributed by atoms with Crippen LogP contribution in [0.4, 0.5) is 0 Å². The van der Waals surface area contributed by atoms with Crippen molar-refractivity contribution in [2.75, 3.05) is 0 Å². The molecule has 0 N–H and O–H groups in total. The van der Waals surface area contributed by atoms with Crippen LogP contribution in [-0.2, 0) is 4.79 Å². The molecule has 0 aliphatic heterocycles. The van der Waals surface area contributed by atoms with E-state index in [0.29, 0.717) is 18.1 Å². The summed E-state index contributed by atoms with van der Waals surface area (Å²) in [5.74, 6) is 2.89. The Bertz CT molecular complexity index is 615. The van der Waals surface area contributed by atoms with E-state index in [2.05, 4.69) is 26.8 Å². The van der Waals surface area contributed by atoms with Gasteiger partial charge in [-0.3, -0.25) is 4.79 Å². The Kier molecular flexibility index (Phi) is 11.9. The summed E-state index contributed by atoms with van der Waals surface area (Å²) >= 11 is 0. The number of carbonyl (C=O) groups is 1. The molecule has 2 atom stereocenters. The molecule has 30 heavy (non-hydrogen) atoms. The lowest BCUT2D eigenvalue weighted by atomic mass is 9.78. The van der Waals surface area contributed by atoms with Gasteiger partial charge >= 0.3 is 5.97 Å². The van der Waals surface area contributed by atoms with Crippen LogP contribution < -0.4 is 4.74 Å². The minimum Gasteiger partial charge on any atom is -0.427 e. The third kappa shape index (κ3) is 9.06. The molecule has 2 unspecified atom stereocenters. The highest BCUT2D eigenvalue weighted by Gasteiger charge is 2.22. The molecule has 0 radical (unpaired) electrons. The van der Waals surface area contributed by atoms with Crippen molar-refractivity contribution in [1.82, 2.24) is 0 Å². The third-order valence-corrected chi connectivity index (χ3v) is 7.04. The summed E-state index contributed by atoms with van der Waals surface area (Å²) in [6.07, 6.45) is 18.3. The zero-order chi connectivity index (χ0) is 21.6. The van der Waals surface area contributed by atoms with Crippen molar-refractivity contribution in [3.63, 3.8) is 0 Å². The fourth-order valence-electron chi connectivity index (χ4n) is 4.83. The van der Waals surface area contributed by atoms with Gasteiger partial charge < -0.3 is 4.74 Å². The normalized spacial score (nSPS) is 17.6. The topological polar surface area (TPSA) is 26.3 Å². The summed E-state index contributed by atoms with van der Waals surface area (Å²) in [5, 5.41) is 0. The van der Waals surface area contributed by atoms with Crippen LogP contribution in [0.2, 0.25) is 0 Å². The van der Waals surface area contributed by atoms with Crippen LogP contribution in [0.5, 0.6) is 5.75 Å². The van der Waals surface area contributed by atoms with Gasteiger partial charge in [-0.05, 0) is 68.4 Å². The summed E-state index contributed by atoms with van der Waals surface area (Å²) in [4.78, 5) is 12.3. The van der Waals surface area contributed by atoms with Crippen molar-refractivity contribution in [2.24, 2.45) is 17.8 Å². The maximum Gasteiger partial charge on any atom is 0.311 e. The summed E-state index contributed by atoms with van der Waals surface area (Å²) < 4.78 is 5.51. The lowest BCUT2D eigenvalue weighted by molar-refractivity contribution is -0.134. The number of unbranched alkanes of at least 4 members (excludes halogenated alkanes) is 2. The Morgan fingerprint density at radius 2 is 1.80 bits per heavy atom. The van der Waals surface area contributed by atoms with Crippen molar-refractivity contribution >= 4 is 5.97 Å². The van der Waals surface area contributed by atoms with Gasteiger partial charge in [0.05, 0.1) is 0 Å². The van der Waals surface area contributed by atoms with Crippen LogP contribution in [0.15, 0.2) is 42.0 Å². The van der Waals surface area contributed by atoms with Gasteiger partial charge in [-0.15, -0.1) is 0 Å². The van der Waals surface area contributed by atoms with Gasteiger partial charge in [-0.25, -0.2) is 0 Å². The Hall–Kier alpha value is -1.57. The van der Waals surface area contributed by atoms with Gasteiger partial charge in [0, 0.05) is 6.42 Å². The number of rotatable bonds is 14. The quantitative estimate of drug-likeness (QED) is 0.132. The number of ether oxygens (including phenoxy) is 1. The second kappa shape index (κ2) is 14.4. The monoisotopic (exact) mass is 412 g/mol. The third-order valence-electron chi connectivity index (χ3n) is 7.04.